The second-order valence-corrected chi connectivity index (χ2v) is 11.8. The number of aromatic nitrogens is 1. The molecule has 0 spiro atoms. The van der Waals surface area contributed by atoms with Crippen LogP contribution in [0.4, 0.5) is 0 Å². The third-order valence-electron chi connectivity index (χ3n) is 8.46. The minimum absolute atomic E-state index is 0.0833. The average Bonchev–Trinajstić information content (AvgIpc) is 3.51. The maximum absolute atomic E-state index is 13.5. The number of ether oxygens (including phenoxy) is 4. The molecule has 0 unspecified atom stereocenters. The van der Waals surface area contributed by atoms with Gasteiger partial charge in [0, 0.05) is 53.0 Å². The number of aryl methyl sites for hydroxylation is 2. The topological polar surface area (TPSA) is 129 Å². The first-order valence-corrected chi connectivity index (χ1v) is 15.8. The Morgan fingerprint density at radius 3 is 2.64 bits per heavy atom. The number of hydrogen-bond acceptors (Lipinski definition) is 8. The number of fused-ring (bicyclic) bond motifs is 9. The molecule has 3 aliphatic heterocycles. The van der Waals surface area contributed by atoms with E-state index in [4.69, 9.17) is 18.9 Å². The molecule has 2 atom stereocenters. The van der Waals surface area contributed by atoms with Crippen LogP contribution in [-0.4, -0.2) is 97.0 Å². The molecule has 1 aromatic heterocycles. The largest absolute Gasteiger partial charge is 0.493 e. The summed E-state index contributed by atoms with van der Waals surface area (Å²) in [7, 11) is 4.87. The maximum Gasteiger partial charge on any atom is 0.296 e. The number of likely N-dealkylation sites (tertiary alicyclic amines) is 1. The Kier molecular flexibility index (Phi) is 11.3. The molecule has 0 radical (unpaired) electrons. The zero-order valence-electron chi connectivity index (χ0n) is 27.1. The first kappa shape index (κ1) is 33.7. The molecule has 1 fully saturated rings. The first-order valence-electron chi connectivity index (χ1n) is 15.8. The van der Waals surface area contributed by atoms with Crippen LogP contribution in [0.15, 0.2) is 60.8 Å². The molecule has 6 rings (SSSR count). The van der Waals surface area contributed by atoms with Crippen molar-refractivity contribution in [3.05, 3.63) is 77.6 Å². The number of piperidine rings is 1. The Balaban J connectivity index is 1.40. The maximum atomic E-state index is 13.5. The van der Waals surface area contributed by atoms with Crippen molar-refractivity contribution in [2.24, 2.45) is 7.05 Å². The van der Waals surface area contributed by atoms with E-state index in [9.17, 15) is 19.2 Å². The summed E-state index contributed by atoms with van der Waals surface area (Å²) in [6.07, 6.45) is 2.84. The Morgan fingerprint density at radius 1 is 1.02 bits per heavy atom. The molecule has 3 aromatic rings. The highest BCUT2D eigenvalue weighted by molar-refractivity contribution is 6.42. The van der Waals surface area contributed by atoms with Crippen LogP contribution >= 0.6 is 0 Å². The van der Waals surface area contributed by atoms with E-state index < -0.39 is 23.8 Å². The summed E-state index contributed by atoms with van der Waals surface area (Å²) in [6.45, 7) is 1.20. The van der Waals surface area contributed by atoms with E-state index in [0.29, 0.717) is 49.7 Å². The van der Waals surface area contributed by atoms with Gasteiger partial charge in [0.1, 0.15) is 5.75 Å². The number of rotatable bonds is 7. The van der Waals surface area contributed by atoms with Crippen molar-refractivity contribution in [1.29, 1.82) is 0 Å². The molecule has 3 amide bonds. The van der Waals surface area contributed by atoms with E-state index in [-0.39, 0.29) is 50.2 Å². The van der Waals surface area contributed by atoms with Crippen LogP contribution in [0.1, 0.15) is 40.9 Å². The van der Waals surface area contributed by atoms with Crippen LogP contribution in [-0.2, 0) is 43.9 Å². The highest BCUT2D eigenvalue weighted by atomic mass is 16.5. The number of methoxy groups -OCH3 is 2. The normalized spacial score (nSPS) is 19.1. The van der Waals surface area contributed by atoms with Gasteiger partial charge in [0.25, 0.3) is 11.7 Å². The lowest BCUT2D eigenvalue weighted by Crippen LogP contribution is -2.59. The number of Topliss-reactive ketones (excluding diaryl/α,β-unsaturated/α-hetero) is 1. The van der Waals surface area contributed by atoms with Crippen LogP contribution < -0.4 is 14.8 Å². The quantitative estimate of drug-likeness (QED) is 0.236. The molecule has 2 aromatic carbocycles. The summed E-state index contributed by atoms with van der Waals surface area (Å²) in [5.74, 6) is -0.129. The first-order chi connectivity index (χ1) is 22.7. The van der Waals surface area contributed by atoms with Crippen molar-refractivity contribution in [1.82, 2.24) is 19.7 Å². The number of carbonyl (C=O) groups excluding carboxylic acids is 4. The SMILES string of the molecule is COCCCN1CC(=O)N[C@H]2CN(C(=O)C(=O)c3cccn3C)CC[C@H]2OCc2cccc(c2)Oc2ccc(cc2OC)CCC1=O. The van der Waals surface area contributed by atoms with Crippen LogP contribution in [0.2, 0.25) is 0 Å². The van der Waals surface area contributed by atoms with E-state index in [2.05, 4.69) is 5.32 Å². The van der Waals surface area contributed by atoms with Gasteiger partial charge < -0.3 is 38.6 Å². The Bertz CT molecular complexity index is 1590. The van der Waals surface area contributed by atoms with Gasteiger partial charge in [-0.15, -0.1) is 0 Å². The molecule has 3 aliphatic rings. The fourth-order valence-electron chi connectivity index (χ4n) is 5.91. The number of amides is 3. The summed E-state index contributed by atoms with van der Waals surface area (Å²) in [5.41, 5.74) is 2.04. The van der Waals surface area contributed by atoms with Gasteiger partial charge >= 0.3 is 0 Å². The molecule has 1 N–H and O–H groups in total. The molecule has 1 saturated heterocycles. The Labute approximate surface area is 274 Å². The molecule has 0 saturated carbocycles. The number of nitrogens with zero attached hydrogens (tertiary/aromatic N) is 3. The van der Waals surface area contributed by atoms with E-state index in [1.54, 1.807) is 44.2 Å². The molecule has 12 nitrogen and oxygen atoms in total. The summed E-state index contributed by atoms with van der Waals surface area (Å²) < 4.78 is 24.9. The molecule has 4 bridgehead atoms. The van der Waals surface area contributed by atoms with Crippen LogP contribution in [0.5, 0.6) is 17.2 Å². The van der Waals surface area contributed by atoms with Crippen molar-refractivity contribution >= 4 is 23.5 Å². The summed E-state index contributed by atoms with van der Waals surface area (Å²) in [4.78, 5) is 56.3. The van der Waals surface area contributed by atoms with Crippen molar-refractivity contribution < 1.29 is 38.1 Å². The van der Waals surface area contributed by atoms with Gasteiger partial charge in [-0.1, -0.05) is 18.2 Å². The third-order valence-corrected chi connectivity index (χ3v) is 8.46. The molecule has 4 heterocycles. The Morgan fingerprint density at radius 2 is 1.87 bits per heavy atom. The molecule has 250 valence electrons. The third kappa shape index (κ3) is 8.57. The average molecular weight is 647 g/mol. The lowest BCUT2D eigenvalue weighted by molar-refractivity contribution is -0.138. The van der Waals surface area contributed by atoms with E-state index in [1.807, 2.05) is 42.5 Å². The zero-order chi connectivity index (χ0) is 33.3. The summed E-state index contributed by atoms with van der Waals surface area (Å²) in [6, 6.07) is 15.8. The minimum atomic E-state index is -0.640. The number of nitrogens with one attached hydrogen (secondary N) is 1. The van der Waals surface area contributed by atoms with Gasteiger partial charge in [0.15, 0.2) is 11.5 Å². The number of benzene rings is 2. The molecular formula is C35H42N4O8. The van der Waals surface area contributed by atoms with Crippen molar-refractivity contribution in [2.75, 3.05) is 47.0 Å². The highest BCUT2D eigenvalue weighted by Gasteiger charge is 2.36. The monoisotopic (exact) mass is 646 g/mol. The number of ketones is 1. The van der Waals surface area contributed by atoms with Crippen LogP contribution in [0.3, 0.4) is 0 Å². The zero-order valence-corrected chi connectivity index (χ0v) is 27.1. The predicted octanol–water partition coefficient (Wildman–Crippen LogP) is 3.12. The van der Waals surface area contributed by atoms with Gasteiger partial charge in [-0.2, -0.15) is 0 Å². The fraction of sp³-hybridized carbons (Fsp3) is 0.429. The molecular weight excluding hydrogens is 604 g/mol. The van der Waals surface area contributed by atoms with Crippen LogP contribution in [0.25, 0.3) is 0 Å². The number of hydrogen-bond donors (Lipinski definition) is 1. The molecule has 0 aliphatic carbocycles. The second kappa shape index (κ2) is 15.7. The molecule has 47 heavy (non-hydrogen) atoms. The second-order valence-electron chi connectivity index (χ2n) is 11.8. The summed E-state index contributed by atoms with van der Waals surface area (Å²) in [5, 5.41) is 3.02. The lowest BCUT2D eigenvalue weighted by Gasteiger charge is -2.38. The number of carbonyl (C=O) groups is 4. The van der Waals surface area contributed by atoms with Gasteiger partial charge in [0.05, 0.1) is 38.1 Å². The van der Waals surface area contributed by atoms with Gasteiger partial charge in [-0.3, -0.25) is 19.2 Å². The predicted molar refractivity (Wildman–Crippen MR) is 172 cm³/mol. The van der Waals surface area contributed by atoms with E-state index >= 15 is 0 Å². The van der Waals surface area contributed by atoms with Gasteiger partial charge in [-0.05, 0) is 66.8 Å². The van der Waals surface area contributed by atoms with Gasteiger partial charge in [0.2, 0.25) is 11.8 Å². The van der Waals surface area contributed by atoms with Crippen molar-refractivity contribution in [3.8, 4) is 17.2 Å². The van der Waals surface area contributed by atoms with Crippen molar-refractivity contribution in [2.45, 2.75) is 44.4 Å². The fourth-order valence-corrected chi connectivity index (χ4v) is 5.91. The van der Waals surface area contributed by atoms with E-state index in [1.165, 1.54) is 9.80 Å². The molecule has 12 heteroatoms. The van der Waals surface area contributed by atoms with Crippen molar-refractivity contribution in [3.63, 3.8) is 0 Å². The summed E-state index contributed by atoms with van der Waals surface area (Å²) >= 11 is 0. The minimum Gasteiger partial charge on any atom is -0.493 e. The smallest absolute Gasteiger partial charge is 0.296 e. The highest BCUT2D eigenvalue weighted by Crippen LogP contribution is 2.33. The standard InChI is InChI=1S/C35H42N4O8/c1-37-15-5-9-28(37)34(42)35(43)39-17-14-29-27(21-39)36-32(40)22-38(16-6-18-44-2)33(41)13-11-24-10-12-30(31(20-24)45-3)47-26-8-4-7-25(19-26)23-46-29/h4-5,7-10,12,15,19-20,27,29H,6,11,13-14,16-18,21-23H2,1-3H3,(H,36,40)/t27-,29+/m0/s1. The van der Waals surface area contributed by atoms with E-state index in [0.717, 1.165) is 11.1 Å². The lowest BCUT2D eigenvalue weighted by atomic mass is 10.0. The Hall–Kier alpha value is -4.68. The van der Waals surface area contributed by atoms with Gasteiger partial charge in [-0.25, -0.2) is 0 Å². The van der Waals surface area contributed by atoms with Crippen LogP contribution in [0, 0.1) is 0 Å².